The highest BCUT2D eigenvalue weighted by atomic mass is 15.3. The van der Waals surface area contributed by atoms with Crippen LogP contribution in [0.15, 0.2) is 54.5 Å². The fourth-order valence-corrected chi connectivity index (χ4v) is 5.25. The summed E-state index contributed by atoms with van der Waals surface area (Å²) in [4.78, 5) is 7.35. The number of piperidine rings is 1. The lowest BCUT2D eigenvalue weighted by atomic mass is 9.72. The Morgan fingerprint density at radius 3 is 2.52 bits per heavy atom. The van der Waals surface area contributed by atoms with E-state index in [2.05, 4.69) is 85.8 Å². The Morgan fingerprint density at radius 2 is 1.93 bits per heavy atom. The highest BCUT2D eigenvalue weighted by Crippen LogP contribution is 2.47. The average molecular weight is 366 g/mol. The Kier molecular flexibility index (Phi) is 5.83. The summed E-state index contributed by atoms with van der Waals surface area (Å²) in [6.45, 7) is 16.1. The Labute approximate surface area is 165 Å². The van der Waals surface area contributed by atoms with Gasteiger partial charge in [0.15, 0.2) is 0 Å². The standard InChI is InChI=1S/C24H35N3/c1-7-22(25(5)6)12-15-26-16-13-24(14-17-26)23-11-9-8-10-21(23)18-20(4)27(24)19(2)3/h8-11,20H,1-2,12-18H2,3-6H3. The van der Waals surface area contributed by atoms with E-state index < -0.39 is 0 Å². The van der Waals surface area contributed by atoms with Gasteiger partial charge in [0.2, 0.25) is 0 Å². The maximum Gasteiger partial charge on any atom is 0.0680 e. The van der Waals surface area contributed by atoms with E-state index in [1.807, 2.05) is 0 Å². The van der Waals surface area contributed by atoms with Gasteiger partial charge in [0, 0.05) is 51.9 Å². The molecule has 1 atom stereocenters. The molecule has 146 valence electrons. The Bertz CT molecular complexity index is 734. The second-order valence-corrected chi connectivity index (χ2v) is 8.46. The fourth-order valence-electron chi connectivity index (χ4n) is 5.25. The van der Waals surface area contributed by atoms with Gasteiger partial charge in [-0.1, -0.05) is 37.4 Å². The van der Waals surface area contributed by atoms with E-state index in [4.69, 9.17) is 0 Å². The van der Waals surface area contributed by atoms with Gasteiger partial charge in [0.1, 0.15) is 0 Å². The number of hydrogen-bond acceptors (Lipinski definition) is 3. The normalized spacial score (nSPS) is 21.5. The maximum absolute atomic E-state index is 4.35. The molecule has 1 aromatic rings. The highest BCUT2D eigenvalue weighted by Gasteiger charge is 2.46. The van der Waals surface area contributed by atoms with Gasteiger partial charge in [0.05, 0.1) is 11.2 Å². The second-order valence-electron chi connectivity index (χ2n) is 8.46. The van der Waals surface area contributed by atoms with Crippen molar-refractivity contribution in [3.63, 3.8) is 0 Å². The molecule has 3 nitrogen and oxygen atoms in total. The third-order valence-electron chi connectivity index (χ3n) is 6.44. The van der Waals surface area contributed by atoms with E-state index in [0.717, 1.165) is 45.3 Å². The Morgan fingerprint density at radius 1 is 1.26 bits per heavy atom. The molecule has 0 aromatic heterocycles. The number of hydrogen-bond donors (Lipinski definition) is 0. The molecule has 2 aliphatic rings. The summed E-state index contributed by atoms with van der Waals surface area (Å²) in [5, 5.41) is 0. The molecule has 1 fully saturated rings. The van der Waals surface area contributed by atoms with Gasteiger partial charge in [-0.2, -0.15) is 0 Å². The summed E-state index contributed by atoms with van der Waals surface area (Å²) in [5.74, 6) is 0. The van der Waals surface area contributed by atoms with Gasteiger partial charge in [0.25, 0.3) is 0 Å². The summed E-state index contributed by atoms with van der Waals surface area (Å²) >= 11 is 0. The number of fused-ring (bicyclic) bond motifs is 2. The summed E-state index contributed by atoms with van der Waals surface area (Å²) in [6, 6.07) is 9.59. The molecule has 2 heterocycles. The van der Waals surface area contributed by atoms with Crippen LogP contribution in [0.1, 0.15) is 44.2 Å². The van der Waals surface area contributed by atoms with E-state index in [-0.39, 0.29) is 5.54 Å². The molecule has 0 bridgehead atoms. The van der Waals surface area contributed by atoms with Gasteiger partial charge >= 0.3 is 0 Å². The minimum absolute atomic E-state index is 0.106. The minimum atomic E-state index is 0.106. The van der Waals surface area contributed by atoms with Crippen LogP contribution in [-0.2, 0) is 12.0 Å². The largest absolute Gasteiger partial charge is 0.375 e. The van der Waals surface area contributed by atoms with Crippen molar-refractivity contribution in [2.45, 2.75) is 51.1 Å². The molecule has 0 saturated carbocycles. The first kappa shape index (κ1) is 19.8. The van der Waals surface area contributed by atoms with Crippen LogP contribution >= 0.6 is 0 Å². The van der Waals surface area contributed by atoms with E-state index in [9.17, 15) is 0 Å². The number of nitrogens with zero attached hydrogens (tertiary/aromatic N) is 3. The molecule has 27 heavy (non-hydrogen) atoms. The first-order valence-corrected chi connectivity index (χ1v) is 10.2. The SMILES string of the molecule is C=C=C(CCN1CCC2(CC1)c1ccccc1CC(C)N2C(=C)C)N(C)C. The van der Waals surface area contributed by atoms with Crippen molar-refractivity contribution in [2.75, 3.05) is 33.7 Å². The van der Waals surface area contributed by atoms with Crippen molar-refractivity contribution in [3.8, 4) is 0 Å². The van der Waals surface area contributed by atoms with Gasteiger partial charge in [-0.15, -0.1) is 5.73 Å². The second kappa shape index (κ2) is 7.96. The van der Waals surface area contributed by atoms with E-state index in [0.29, 0.717) is 6.04 Å². The van der Waals surface area contributed by atoms with Crippen LogP contribution in [0.3, 0.4) is 0 Å². The zero-order valence-corrected chi connectivity index (χ0v) is 17.6. The molecule has 0 radical (unpaired) electrons. The predicted octanol–water partition coefficient (Wildman–Crippen LogP) is 4.38. The number of benzene rings is 1. The molecule has 2 aliphatic heterocycles. The highest BCUT2D eigenvalue weighted by molar-refractivity contribution is 5.39. The average Bonchev–Trinajstić information content (AvgIpc) is 2.63. The molecule has 1 aromatic carbocycles. The molecule has 1 unspecified atom stereocenters. The lowest BCUT2D eigenvalue weighted by molar-refractivity contribution is 0.00814. The van der Waals surface area contributed by atoms with Gasteiger partial charge in [-0.3, -0.25) is 0 Å². The van der Waals surface area contributed by atoms with Crippen molar-refractivity contribution >= 4 is 0 Å². The molecule has 3 heteroatoms. The van der Waals surface area contributed by atoms with Crippen LogP contribution in [0.2, 0.25) is 0 Å². The molecular weight excluding hydrogens is 330 g/mol. The van der Waals surface area contributed by atoms with Crippen molar-refractivity contribution in [1.29, 1.82) is 0 Å². The van der Waals surface area contributed by atoms with Crippen LogP contribution in [0, 0.1) is 0 Å². The van der Waals surface area contributed by atoms with E-state index in [1.54, 1.807) is 0 Å². The van der Waals surface area contributed by atoms with Crippen LogP contribution in [0.5, 0.6) is 0 Å². The molecule has 3 rings (SSSR count). The predicted molar refractivity (Wildman–Crippen MR) is 115 cm³/mol. The molecule has 0 aliphatic carbocycles. The smallest absolute Gasteiger partial charge is 0.0680 e. The maximum atomic E-state index is 4.35. The number of allylic oxidation sites excluding steroid dienone is 1. The van der Waals surface area contributed by atoms with Crippen LogP contribution in [0.4, 0.5) is 0 Å². The van der Waals surface area contributed by atoms with Crippen molar-refractivity contribution in [3.05, 3.63) is 65.7 Å². The zero-order valence-electron chi connectivity index (χ0n) is 17.6. The topological polar surface area (TPSA) is 9.72 Å². The third kappa shape index (κ3) is 3.72. The quantitative estimate of drug-likeness (QED) is 0.717. The Balaban J connectivity index is 1.79. The van der Waals surface area contributed by atoms with Gasteiger partial charge < -0.3 is 14.7 Å². The number of rotatable bonds is 5. The minimum Gasteiger partial charge on any atom is -0.375 e. The first-order chi connectivity index (χ1) is 12.9. The van der Waals surface area contributed by atoms with Crippen LogP contribution < -0.4 is 0 Å². The Hall–Kier alpha value is -1.96. The monoisotopic (exact) mass is 365 g/mol. The number of likely N-dealkylation sites (tertiary alicyclic amines) is 1. The molecular formula is C24H35N3. The van der Waals surface area contributed by atoms with Crippen LogP contribution in [0.25, 0.3) is 0 Å². The zero-order chi connectivity index (χ0) is 19.6. The molecule has 1 saturated heterocycles. The van der Waals surface area contributed by atoms with Crippen LogP contribution in [-0.4, -0.2) is 54.5 Å². The molecule has 0 N–H and O–H groups in total. The lowest BCUT2D eigenvalue weighted by Gasteiger charge is -2.56. The third-order valence-corrected chi connectivity index (χ3v) is 6.44. The summed E-state index contributed by atoms with van der Waals surface area (Å²) in [5.41, 5.74) is 8.65. The fraction of sp³-hybridized carbons (Fsp3) is 0.542. The van der Waals surface area contributed by atoms with Gasteiger partial charge in [-0.25, -0.2) is 0 Å². The summed E-state index contributed by atoms with van der Waals surface area (Å²) in [7, 11) is 4.15. The lowest BCUT2D eigenvalue weighted by Crippen LogP contribution is -2.58. The van der Waals surface area contributed by atoms with E-state index >= 15 is 0 Å². The summed E-state index contributed by atoms with van der Waals surface area (Å²) in [6.07, 6.45) is 4.46. The van der Waals surface area contributed by atoms with E-state index in [1.165, 1.54) is 22.5 Å². The van der Waals surface area contributed by atoms with Gasteiger partial charge in [-0.05, 0) is 44.2 Å². The molecule has 1 spiro atoms. The van der Waals surface area contributed by atoms with Crippen molar-refractivity contribution < 1.29 is 0 Å². The van der Waals surface area contributed by atoms with Crippen molar-refractivity contribution in [2.24, 2.45) is 0 Å². The summed E-state index contributed by atoms with van der Waals surface area (Å²) < 4.78 is 0. The first-order valence-electron chi connectivity index (χ1n) is 10.2. The molecule has 0 amide bonds. The van der Waals surface area contributed by atoms with Crippen molar-refractivity contribution in [1.82, 2.24) is 14.7 Å².